The van der Waals surface area contributed by atoms with Crippen molar-refractivity contribution in [2.24, 2.45) is 0 Å². The number of amides is 1. The predicted octanol–water partition coefficient (Wildman–Crippen LogP) is 5.06. The number of nitrogens with zero attached hydrogens (tertiary/aromatic N) is 2. The minimum atomic E-state index is -0.787. The molecule has 1 aromatic heterocycles. The van der Waals surface area contributed by atoms with Crippen molar-refractivity contribution in [3.8, 4) is 5.75 Å². The Bertz CT molecular complexity index is 1170. The average molecular weight is 465 g/mol. The molecule has 1 aliphatic carbocycles. The van der Waals surface area contributed by atoms with Gasteiger partial charge in [0.1, 0.15) is 5.75 Å². The fourth-order valence-corrected chi connectivity index (χ4v) is 4.56. The second-order valence-electron chi connectivity index (χ2n) is 8.66. The molecule has 1 aliphatic rings. The molecule has 0 radical (unpaired) electrons. The predicted molar refractivity (Wildman–Crippen MR) is 127 cm³/mol. The van der Waals surface area contributed by atoms with E-state index in [1.165, 1.54) is 0 Å². The summed E-state index contributed by atoms with van der Waals surface area (Å²) in [6.07, 6.45) is 5.01. The Labute approximate surface area is 197 Å². The van der Waals surface area contributed by atoms with Gasteiger partial charge < -0.3 is 24.9 Å². The largest absolute Gasteiger partial charge is 0.497 e. The van der Waals surface area contributed by atoms with Crippen LogP contribution in [0.3, 0.4) is 0 Å². The van der Waals surface area contributed by atoms with Gasteiger partial charge in [0.15, 0.2) is 0 Å². The number of aromatic nitrogens is 2. The molecule has 2 aromatic carbocycles. The van der Waals surface area contributed by atoms with Crippen LogP contribution in [-0.4, -0.2) is 34.3 Å². The van der Waals surface area contributed by atoms with Crippen LogP contribution in [0.25, 0.3) is 0 Å². The third-order valence-corrected chi connectivity index (χ3v) is 6.35. The van der Waals surface area contributed by atoms with E-state index in [4.69, 9.17) is 9.15 Å². The van der Waals surface area contributed by atoms with Crippen LogP contribution in [0.4, 0.5) is 17.4 Å². The lowest BCUT2D eigenvalue weighted by atomic mass is 9.67. The molecule has 0 unspecified atom stereocenters. The number of aliphatic carboxylic acids is 1. The number of rotatable bonds is 8. The summed E-state index contributed by atoms with van der Waals surface area (Å²) in [5.41, 5.74) is 2.88. The maximum atomic E-state index is 12.6. The second kappa shape index (κ2) is 9.94. The lowest BCUT2D eigenvalue weighted by Gasteiger charge is -2.36. The Morgan fingerprint density at radius 3 is 2.47 bits per heavy atom. The number of hydrogen-bond donors (Lipinski definition) is 3. The summed E-state index contributed by atoms with van der Waals surface area (Å²) in [6.45, 7) is 1.91. The van der Waals surface area contributed by atoms with Gasteiger partial charge in [-0.1, -0.05) is 36.5 Å². The number of ether oxygens (including phenoxy) is 1. The van der Waals surface area contributed by atoms with Gasteiger partial charge in [0.25, 0.3) is 0 Å². The van der Waals surface area contributed by atoms with E-state index in [1.807, 2.05) is 31.2 Å². The minimum absolute atomic E-state index is 0.0988. The molecule has 0 bridgehead atoms. The van der Waals surface area contributed by atoms with Crippen molar-refractivity contribution in [1.82, 2.24) is 10.2 Å². The van der Waals surface area contributed by atoms with Gasteiger partial charge in [-0.3, -0.25) is 9.59 Å². The first-order valence-electron chi connectivity index (χ1n) is 11.3. The van der Waals surface area contributed by atoms with Crippen molar-refractivity contribution in [3.05, 3.63) is 59.5 Å². The van der Waals surface area contributed by atoms with E-state index < -0.39 is 11.9 Å². The van der Waals surface area contributed by atoms with Crippen LogP contribution in [0.5, 0.6) is 5.75 Å². The molecule has 0 spiro atoms. The zero-order valence-electron chi connectivity index (χ0n) is 19.3. The summed E-state index contributed by atoms with van der Waals surface area (Å²) in [6, 6.07) is 12.9. The van der Waals surface area contributed by atoms with Crippen LogP contribution < -0.4 is 15.4 Å². The van der Waals surface area contributed by atoms with E-state index in [2.05, 4.69) is 20.8 Å². The zero-order chi connectivity index (χ0) is 24.1. The fourth-order valence-electron chi connectivity index (χ4n) is 4.56. The molecule has 1 amide bonds. The summed E-state index contributed by atoms with van der Waals surface area (Å²) in [5, 5.41) is 22.9. The standard InChI is InChI=1S/C25H28N4O5/c1-16-14-19(33-2)10-11-20(16)27-24-29-28-23(34-24)22(32)26-18-8-6-17(7-9-18)25(15-21(30)31)12-4-3-5-13-25/h6-11,14H,3-5,12-13,15H2,1-2H3,(H,26,32)(H,27,29)(H,30,31). The smallest absolute Gasteiger partial charge is 0.320 e. The highest BCUT2D eigenvalue weighted by atomic mass is 16.5. The van der Waals surface area contributed by atoms with Crippen LogP contribution >= 0.6 is 0 Å². The third kappa shape index (κ3) is 5.19. The van der Waals surface area contributed by atoms with Crippen molar-refractivity contribution >= 4 is 29.3 Å². The molecular formula is C25H28N4O5. The number of anilines is 3. The van der Waals surface area contributed by atoms with Gasteiger partial charge in [-0.05, 0) is 61.2 Å². The molecule has 4 rings (SSSR count). The first-order chi connectivity index (χ1) is 16.4. The molecule has 1 fully saturated rings. The normalized spacial score (nSPS) is 14.9. The highest BCUT2D eigenvalue weighted by Gasteiger charge is 2.36. The molecule has 1 saturated carbocycles. The van der Waals surface area contributed by atoms with Crippen molar-refractivity contribution in [3.63, 3.8) is 0 Å². The van der Waals surface area contributed by atoms with E-state index >= 15 is 0 Å². The van der Waals surface area contributed by atoms with Crippen LogP contribution in [0.1, 0.15) is 60.3 Å². The van der Waals surface area contributed by atoms with Crippen molar-refractivity contribution in [2.75, 3.05) is 17.7 Å². The Morgan fingerprint density at radius 2 is 1.82 bits per heavy atom. The molecule has 1 heterocycles. The van der Waals surface area contributed by atoms with Gasteiger partial charge in [0, 0.05) is 16.8 Å². The van der Waals surface area contributed by atoms with Crippen LogP contribution in [0.15, 0.2) is 46.9 Å². The lowest BCUT2D eigenvalue weighted by molar-refractivity contribution is -0.138. The number of carboxylic acid groups (broad SMARTS) is 1. The molecule has 178 valence electrons. The molecule has 0 saturated heterocycles. The van der Waals surface area contributed by atoms with Gasteiger partial charge in [0.05, 0.1) is 13.5 Å². The van der Waals surface area contributed by atoms with Crippen molar-refractivity contribution in [1.29, 1.82) is 0 Å². The van der Waals surface area contributed by atoms with Gasteiger partial charge in [-0.2, -0.15) is 0 Å². The van der Waals surface area contributed by atoms with E-state index in [0.717, 1.165) is 54.7 Å². The Morgan fingerprint density at radius 1 is 1.09 bits per heavy atom. The van der Waals surface area contributed by atoms with Crippen molar-refractivity contribution in [2.45, 2.75) is 50.9 Å². The molecule has 3 aromatic rings. The number of benzene rings is 2. The van der Waals surface area contributed by atoms with E-state index in [1.54, 1.807) is 25.3 Å². The first-order valence-corrected chi connectivity index (χ1v) is 11.3. The summed E-state index contributed by atoms with van der Waals surface area (Å²) in [7, 11) is 1.60. The van der Waals surface area contributed by atoms with Crippen LogP contribution in [0, 0.1) is 6.92 Å². The number of methoxy groups -OCH3 is 1. The maximum absolute atomic E-state index is 12.6. The minimum Gasteiger partial charge on any atom is -0.497 e. The topological polar surface area (TPSA) is 127 Å². The fraction of sp³-hybridized carbons (Fsp3) is 0.360. The highest BCUT2D eigenvalue weighted by molar-refractivity contribution is 6.00. The number of hydrogen-bond acceptors (Lipinski definition) is 7. The van der Waals surface area contributed by atoms with E-state index in [9.17, 15) is 14.7 Å². The molecular weight excluding hydrogens is 436 g/mol. The Balaban J connectivity index is 1.42. The average Bonchev–Trinajstić information content (AvgIpc) is 3.30. The lowest BCUT2D eigenvalue weighted by Crippen LogP contribution is -2.31. The summed E-state index contributed by atoms with van der Waals surface area (Å²) < 4.78 is 10.7. The van der Waals surface area contributed by atoms with E-state index in [-0.39, 0.29) is 23.7 Å². The summed E-state index contributed by atoms with van der Waals surface area (Å²) >= 11 is 0. The number of carbonyl (C=O) groups is 2. The first kappa shape index (κ1) is 23.3. The third-order valence-electron chi connectivity index (χ3n) is 6.35. The van der Waals surface area contributed by atoms with Crippen LogP contribution in [0.2, 0.25) is 0 Å². The molecule has 9 nitrogen and oxygen atoms in total. The zero-order valence-corrected chi connectivity index (χ0v) is 19.3. The Kier molecular flexibility index (Phi) is 6.81. The molecule has 3 N–H and O–H groups in total. The Hall–Kier alpha value is -3.88. The second-order valence-corrected chi connectivity index (χ2v) is 8.66. The number of aryl methyl sites for hydroxylation is 1. The number of carbonyl (C=O) groups excluding carboxylic acids is 1. The summed E-state index contributed by atoms with van der Waals surface area (Å²) in [5.74, 6) is -0.757. The van der Waals surface area contributed by atoms with Gasteiger partial charge in [-0.15, -0.1) is 5.10 Å². The SMILES string of the molecule is COc1ccc(Nc2nnc(C(=O)Nc3ccc(C4(CC(=O)O)CCCCC4)cc3)o2)c(C)c1. The van der Waals surface area contributed by atoms with Crippen LogP contribution in [-0.2, 0) is 10.2 Å². The molecule has 0 aliphatic heterocycles. The van der Waals surface area contributed by atoms with Gasteiger partial charge in [-0.25, -0.2) is 0 Å². The molecule has 0 atom stereocenters. The number of carboxylic acids is 1. The molecule has 34 heavy (non-hydrogen) atoms. The van der Waals surface area contributed by atoms with E-state index in [0.29, 0.717) is 5.69 Å². The highest BCUT2D eigenvalue weighted by Crippen LogP contribution is 2.42. The monoisotopic (exact) mass is 464 g/mol. The quantitative estimate of drug-likeness (QED) is 0.422. The van der Waals surface area contributed by atoms with Crippen molar-refractivity contribution < 1.29 is 23.8 Å². The number of nitrogens with one attached hydrogen (secondary N) is 2. The van der Waals surface area contributed by atoms with Gasteiger partial charge in [0.2, 0.25) is 0 Å². The summed E-state index contributed by atoms with van der Waals surface area (Å²) in [4.78, 5) is 24.1. The molecule has 9 heteroatoms. The van der Waals surface area contributed by atoms with Gasteiger partial charge >= 0.3 is 23.8 Å². The maximum Gasteiger partial charge on any atom is 0.320 e.